The molecular weight excluding hydrogens is 691 g/mol. The number of anilines is 3. The largest absolute Gasteiger partial charge is 0.310 e. The standard InChI is InChI=1S/C51H33NS2/c1-4-16-33(17-5-1)49(34-28-29-47-42(30-34)39-24-14-15-27-46(39)53-47)43-32-48-50(40-25-12-10-22-37(40)43)44-31-45(38-23-11-13-26-41(38)51(44)54-48)52(35-18-6-2-7-19-35)36-20-8-3-9-21-36/h1-32,49H. The molecule has 3 heteroatoms. The Morgan fingerprint density at radius 1 is 0.352 bits per heavy atom. The number of para-hydroxylation sites is 2. The van der Waals surface area contributed by atoms with Gasteiger partial charge in [-0.1, -0.05) is 140 Å². The van der Waals surface area contributed by atoms with Gasteiger partial charge in [0.25, 0.3) is 0 Å². The molecule has 0 saturated carbocycles. The average molecular weight is 724 g/mol. The molecule has 1 atom stereocenters. The lowest BCUT2D eigenvalue weighted by Crippen LogP contribution is -2.10. The first-order valence-electron chi connectivity index (χ1n) is 18.5. The third kappa shape index (κ3) is 4.97. The molecule has 1 unspecified atom stereocenters. The Kier molecular flexibility index (Phi) is 7.36. The Hall–Kier alpha value is -6.26. The molecule has 254 valence electrons. The zero-order valence-electron chi connectivity index (χ0n) is 29.3. The minimum Gasteiger partial charge on any atom is -0.310 e. The van der Waals surface area contributed by atoms with Crippen LogP contribution in [0.2, 0.25) is 0 Å². The maximum absolute atomic E-state index is 2.51. The Bertz CT molecular complexity index is 3120. The summed E-state index contributed by atoms with van der Waals surface area (Å²) in [6.45, 7) is 0. The summed E-state index contributed by atoms with van der Waals surface area (Å²) in [4.78, 5) is 2.41. The molecule has 0 spiro atoms. The van der Waals surface area contributed by atoms with E-state index in [2.05, 4.69) is 199 Å². The van der Waals surface area contributed by atoms with Crippen molar-refractivity contribution in [3.8, 4) is 0 Å². The Balaban J connectivity index is 1.21. The molecule has 0 aliphatic rings. The first-order chi connectivity index (χ1) is 26.8. The van der Waals surface area contributed by atoms with Crippen LogP contribution in [0.4, 0.5) is 17.1 Å². The summed E-state index contributed by atoms with van der Waals surface area (Å²) in [5.41, 5.74) is 7.42. The van der Waals surface area contributed by atoms with E-state index in [1.165, 1.54) is 84.3 Å². The summed E-state index contributed by atoms with van der Waals surface area (Å²) in [5.74, 6) is 0.0627. The van der Waals surface area contributed by atoms with E-state index in [0.717, 1.165) is 11.4 Å². The molecule has 2 aromatic heterocycles. The van der Waals surface area contributed by atoms with Crippen molar-refractivity contribution in [3.63, 3.8) is 0 Å². The molecule has 0 radical (unpaired) electrons. The normalized spacial score (nSPS) is 12.4. The molecule has 11 aromatic rings. The summed E-state index contributed by atoms with van der Waals surface area (Å²) in [7, 11) is 0. The lowest BCUT2D eigenvalue weighted by molar-refractivity contribution is 0.995. The second-order valence-corrected chi connectivity index (χ2v) is 16.1. The monoisotopic (exact) mass is 723 g/mol. The Labute approximate surface area is 321 Å². The van der Waals surface area contributed by atoms with Crippen LogP contribution in [0.25, 0.3) is 61.9 Å². The van der Waals surface area contributed by atoms with Gasteiger partial charge in [-0.2, -0.15) is 0 Å². The number of benzene rings is 9. The van der Waals surface area contributed by atoms with Crippen molar-refractivity contribution in [2.75, 3.05) is 4.90 Å². The van der Waals surface area contributed by atoms with Gasteiger partial charge in [-0.15, -0.1) is 22.7 Å². The van der Waals surface area contributed by atoms with Gasteiger partial charge in [0.05, 0.1) is 5.69 Å². The molecule has 0 bridgehead atoms. The quantitative estimate of drug-likeness (QED) is 0.154. The number of fused-ring (bicyclic) bond motifs is 10. The average Bonchev–Trinajstić information content (AvgIpc) is 3.81. The zero-order valence-corrected chi connectivity index (χ0v) is 30.9. The number of hydrogen-bond donors (Lipinski definition) is 0. The van der Waals surface area contributed by atoms with E-state index in [9.17, 15) is 0 Å². The SMILES string of the molecule is c1ccc(C(c2ccc3sc4ccccc4c3c2)c2cc3sc4c5ccccc5c(N(c5ccccc5)c5ccccc5)cc4c3c3ccccc23)cc1. The van der Waals surface area contributed by atoms with E-state index in [1.807, 2.05) is 22.7 Å². The fourth-order valence-corrected chi connectivity index (χ4v) is 11.0. The van der Waals surface area contributed by atoms with Crippen molar-refractivity contribution < 1.29 is 0 Å². The van der Waals surface area contributed by atoms with Crippen LogP contribution in [0.1, 0.15) is 22.6 Å². The topological polar surface area (TPSA) is 3.24 Å². The maximum atomic E-state index is 2.51. The van der Waals surface area contributed by atoms with Gasteiger partial charge in [-0.25, -0.2) is 0 Å². The first kappa shape index (κ1) is 31.3. The van der Waals surface area contributed by atoms with Crippen LogP contribution >= 0.6 is 22.7 Å². The fourth-order valence-electron chi connectivity index (χ4n) is 8.60. The van der Waals surface area contributed by atoms with Crippen LogP contribution in [0.3, 0.4) is 0 Å². The molecule has 1 nitrogen and oxygen atoms in total. The van der Waals surface area contributed by atoms with Gasteiger partial charge in [0.15, 0.2) is 0 Å². The molecule has 0 saturated heterocycles. The molecule has 2 heterocycles. The Morgan fingerprint density at radius 2 is 0.926 bits per heavy atom. The highest BCUT2D eigenvalue weighted by Crippen LogP contribution is 2.50. The van der Waals surface area contributed by atoms with Gasteiger partial charge in [0.2, 0.25) is 0 Å². The third-order valence-corrected chi connectivity index (χ3v) is 13.3. The molecule has 0 N–H and O–H groups in total. The lowest BCUT2D eigenvalue weighted by atomic mass is 9.81. The number of hydrogen-bond acceptors (Lipinski definition) is 3. The molecule has 11 rings (SSSR count). The van der Waals surface area contributed by atoms with Crippen LogP contribution < -0.4 is 4.90 Å². The second kappa shape index (κ2) is 12.7. The van der Waals surface area contributed by atoms with Gasteiger partial charge in [0, 0.05) is 68.4 Å². The van der Waals surface area contributed by atoms with Crippen LogP contribution in [-0.2, 0) is 0 Å². The summed E-state index contributed by atoms with van der Waals surface area (Å²) in [6.07, 6.45) is 0. The predicted octanol–water partition coefficient (Wildman–Crippen LogP) is 15.4. The van der Waals surface area contributed by atoms with Crippen LogP contribution in [0.5, 0.6) is 0 Å². The van der Waals surface area contributed by atoms with Crippen molar-refractivity contribution in [1.29, 1.82) is 0 Å². The van der Waals surface area contributed by atoms with Crippen molar-refractivity contribution in [1.82, 2.24) is 0 Å². The molecule has 0 fully saturated rings. The fraction of sp³-hybridized carbons (Fsp3) is 0.0196. The van der Waals surface area contributed by atoms with Crippen LogP contribution in [-0.4, -0.2) is 0 Å². The van der Waals surface area contributed by atoms with E-state index in [1.54, 1.807) is 0 Å². The molecular formula is C51H33NS2. The van der Waals surface area contributed by atoms with Gasteiger partial charge >= 0.3 is 0 Å². The predicted molar refractivity (Wildman–Crippen MR) is 236 cm³/mol. The minimum atomic E-state index is 0.0627. The maximum Gasteiger partial charge on any atom is 0.0547 e. The van der Waals surface area contributed by atoms with Crippen molar-refractivity contribution in [3.05, 3.63) is 211 Å². The van der Waals surface area contributed by atoms with Gasteiger partial charge in [-0.3, -0.25) is 0 Å². The summed E-state index contributed by atoms with van der Waals surface area (Å²) in [6, 6.07) is 71.6. The molecule has 0 amide bonds. The van der Waals surface area contributed by atoms with Gasteiger partial charge < -0.3 is 4.90 Å². The van der Waals surface area contributed by atoms with Crippen molar-refractivity contribution in [2.24, 2.45) is 0 Å². The van der Waals surface area contributed by atoms with Crippen LogP contribution in [0.15, 0.2) is 194 Å². The first-order valence-corrected chi connectivity index (χ1v) is 20.1. The summed E-state index contributed by atoms with van der Waals surface area (Å²) >= 11 is 3.81. The molecule has 54 heavy (non-hydrogen) atoms. The van der Waals surface area contributed by atoms with E-state index in [4.69, 9.17) is 0 Å². The van der Waals surface area contributed by atoms with E-state index >= 15 is 0 Å². The molecule has 0 aliphatic carbocycles. The highest BCUT2D eigenvalue weighted by molar-refractivity contribution is 7.27. The zero-order chi connectivity index (χ0) is 35.6. The van der Waals surface area contributed by atoms with E-state index in [-0.39, 0.29) is 5.92 Å². The number of rotatable bonds is 6. The summed E-state index contributed by atoms with van der Waals surface area (Å²) < 4.78 is 5.31. The van der Waals surface area contributed by atoms with Gasteiger partial charge in [-0.05, 0) is 82.1 Å². The van der Waals surface area contributed by atoms with E-state index in [0.29, 0.717) is 0 Å². The van der Waals surface area contributed by atoms with E-state index < -0.39 is 0 Å². The molecule has 0 aliphatic heterocycles. The van der Waals surface area contributed by atoms with Crippen molar-refractivity contribution >= 4 is 102 Å². The number of nitrogens with zero attached hydrogens (tertiary/aromatic N) is 1. The summed E-state index contributed by atoms with van der Waals surface area (Å²) in [5, 5.41) is 10.4. The lowest BCUT2D eigenvalue weighted by Gasteiger charge is -2.27. The highest BCUT2D eigenvalue weighted by atomic mass is 32.1. The highest BCUT2D eigenvalue weighted by Gasteiger charge is 2.25. The Morgan fingerprint density at radius 3 is 1.65 bits per heavy atom. The van der Waals surface area contributed by atoms with Crippen molar-refractivity contribution in [2.45, 2.75) is 5.92 Å². The van der Waals surface area contributed by atoms with Crippen LogP contribution in [0, 0.1) is 0 Å². The van der Waals surface area contributed by atoms with Gasteiger partial charge in [0.1, 0.15) is 0 Å². The smallest absolute Gasteiger partial charge is 0.0547 e. The number of thiophene rings is 2. The third-order valence-electron chi connectivity index (χ3n) is 10.9. The minimum absolute atomic E-state index is 0.0627. The molecule has 9 aromatic carbocycles. The second-order valence-electron chi connectivity index (χ2n) is 14.0.